The summed E-state index contributed by atoms with van der Waals surface area (Å²) in [6.45, 7) is 3.93. The average molecular weight is 240 g/mol. The van der Waals surface area contributed by atoms with E-state index in [1.165, 1.54) is 6.42 Å². The van der Waals surface area contributed by atoms with Crippen molar-refractivity contribution >= 4 is 11.8 Å². The van der Waals surface area contributed by atoms with E-state index in [9.17, 15) is 9.59 Å². The molecule has 2 amide bonds. The standard InChI is InChI=1S/C13H24N2O2/c1-3-9(2)11(12(14)16)15-13(17)10-7-5-4-6-8-10/h9-11H,3-8H2,1-2H3,(H2,14,16)(H,15,17)/t9-,11+/m1/s1. The lowest BCUT2D eigenvalue weighted by molar-refractivity contribution is -0.131. The average Bonchev–Trinajstić information content (AvgIpc) is 2.35. The van der Waals surface area contributed by atoms with Crippen LogP contribution in [-0.4, -0.2) is 17.9 Å². The second-order valence-electron chi connectivity index (χ2n) is 5.11. The van der Waals surface area contributed by atoms with E-state index in [1.54, 1.807) is 0 Å². The number of carbonyl (C=O) groups excluding carboxylic acids is 2. The van der Waals surface area contributed by atoms with E-state index in [0.717, 1.165) is 32.1 Å². The maximum Gasteiger partial charge on any atom is 0.240 e. The number of amides is 2. The summed E-state index contributed by atoms with van der Waals surface area (Å²) in [5, 5.41) is 2.82. The Balaban J connectivity index is 2.53. The van der Waals surface area contributed by atoms with E-state index in [1.807, 2.05) is 13.8 Å². The quantitative estimate of drug-likeness (QED) is 0.766. The van der Waals surface area contributed by atoms with Gasteiger partial charge in [0.15, 0.2) is 0 Å². The minimum atomic E-state index is -0.519. The molecule has 1 fully saturated rings. The molecule has 98 valence electrons. The number of hydrogen-bond acceptors (Lipinski definition) is 2. The molecule has 0 aromatic carbocycles. The number of hydrogen-bond donors (Lipinski definition) is 2. The van der Waals surface area contributed by atoms with Gasteiger partial charge in [0.05, 0.1) is 0 Å². The van der Waals surface area contributed by atoms with Gasteiger partial charge >= 0.3 is 0 Å². The fraction of sp³-hybridized carbons (Fsp3) is 0.846. The van der Waals surface area contributed by atoms with Crippen molar-refractivity contribution in [3.05, 3.63) is 0 Å². The fourth-order valence-corrected chi connectivity index (χ4v) is 2.37. The molecule has 0 aliphatic heterocycles. The molecule has 0 heterocycles. The maximum atomic E-state index is 12.0. The summed E-state index contributed by atoms with van der Waals surface area (Å²) < 4.78 is 0. The Bertz CT molecular complexity index is 273. The molecule has 3 N–H and O–H groups in total. The Labute approximate surface area is 103 Å². The number of rotatable bonds is 5. The molecule has 0 aromatic rings. The monoisotopic (exact) mass is 240 g/mol. The van der Waals surface area contributed by atoms with Crippen LogP contribution in [0.1, 0.15) is 52.4 Å². The first-order valence-corrected chi connectivity index (χ1v) is 6.66. The topological polar surface area (TPSA) is 72.2 Å². The van der Waals surface area contributed by atoms with E-state index in [2.05, 4.69) is 5.32 Å². The van der Waals surface area contributed by atoms with Crippen LogP contribution in [0.15, 0.2) is 0 Å². The summed E-state index contributed by atoms with van der Waals surface area (Å²) in [5.74, 6) is -0.244. The second-order valence-corrected chi connectivity index (χ2v) is 5.11. The molecular weight excluding hydrogens is 216 g/mol. The first-order chi connectivity index (χ1) is 8.06. The third-order valence-electron chi connectivity index (χ3n) is 3.79. The van der Waals surface area contributed by atoms with Gasteiger partial charge in [0, 0.05) is 5.92 Å². The van der Waals surface area contributed by atoms with Crippen LogP contribution in [0.3, 0.4) is 0 Å². The molecule has 0 unspecified atom stereocenters. The van der Waals surface area contributed by atoms with Gasteiger partial charge in [-0.1, -0.05) is 39.5 Å². The molecule has 17 heavy (non-hydrogen) atoms. The van der Waals surface area contributed by atoms with Gasteiger partial charge in [-0.3, -0.25) is 9.59 Å². The van der Waals surface area contributed by atoms with Crippen molar-refractivity contribution in [2.45, 2.75) is 58.4 Å². The van der Waals surface area contributed by atoms with Gasteiger partial charge in [-0.2, -0.15) is 0 Å². The summed E-state index contributed by atoms with van der Waals surface area (Å²) in [4.78, 5) is 23.3. The van der Waals surface area contributed by atoms with Gasteiger partial charge in [0.1, 0.15) is 6.04 Å². The van der Waals surface area contributed by atoms with Crippen molar-refractivity contribution in [2.75, 3.05) is 0 Å². The lowest BCUT2D eigenvalue weighted by atomic mass is 9.88. The highest BCUT2D eigenvalue weighted by molar-refractivity contribution is 5.87. The highest BCUT2D eigenvalue weighted by Gasteiger charge is 2.28. The fourth-order valence-electron chi connectivity index (χ4n) is 2.37. The number of carbonyl (C=O) groups is 2. The van der Waals surface area contributed by atoms with Crippen molar-refractivity contribution in [1.29, 1.82) is 0 Å². The third kappa shape index (κ3) is 4.02. The molecule has 4 heteroatoms. The van der Waals surface area contributed by atoms with Gasteiger partial charge in [0.25, 0.3) is 0 Å². The lowest BCUT2D eigenvalue weighted by Gasteiger charge is -2.26. The van der Waals surface area contributed by atoms with Crippen molar-refractivity contribution in [1.82, 2.24) is 5.32 Å². The SMILES string of the molecule is CC[C@@H](C)[C@H](NC(=O)C1CCCCC1)C(N)=O. The van der Waals surface area contributed by atoms with Gasteiger partial charge in [-0.05, 0) is 18.8 Å². The summed E-state index contributed by atoms with van der Waals surface area (Å²) in [6, 6.07) is -0.519. The smallest absolute Gasteiger partial charge is 0.240 e. The van der Waals surface area contributed by atoms with E-state index < -0.39 is 11.9 Å². The molecule has 0 spiro atoms. The Hall–Kier alpha value is -1.06. The van der Waals surface area contributed by atoms with Crippen LogP contribution in [0.5, 0.6) is 0 Å². The Morgan fingerprint density at radius 1 is 1.29 bits per heavy atom. The molecule has 0 aromatic heterocycles. The predicted octanol–water partition coefficient (Wildman–Crippen LogP) is 1.58. The van der Waals surface area contributed by atoms with Crippen molar-refractivity contribution in [3.63, 3.8) is 0 Å². The number of nitrogens with one attached hydrogen (secondary N) is 1. The lowest BCUT2D eigenvalue weighted by Crippen LogP contribution is -2.50. The normalized spacial score (nSPS) is 20.6. The van der Waals surface area contributed by atoms with Crippen LogP contribution in [-0.2, 0) is 9.59 Å². The van der Waals surface area contributed by atoms with Crippen LogP contribution in [0.2, 0.25) is 0 Å². The first kappa shape index (κ1) is 14.0. The van der Waals surface area contributed by atoms with E-state index in [0.29, 0.717) is 0 Å². The molecule has 1 aliphatic carbocycles. The predicted molar refractivity (Wildman–Crippen MR) is 67.2 cm³/mol. The largest absolute Gasteiger partial charge is 0.368 e. The molecule has 0 saturated heterocycles. The van der Waals surface area contributed by atoms with Crippen molar-refractivity contribution in [3.8, 4) is 0 Å². The molecule has 2 atom stereocenters. The highest BCUT2D eigenvalue weighted by atomic mass is 16.2. The summed E-state index contributed by atoms with van der Waals surface area (Å²) >= 11 is 0. The third-order valence-corrected chi connectivity index (χ3v) is 3.79. The van der Waals surface area contributed by atoms with Crippen LogP contribution in [0, 0.1) is 11.8 Å². The molecule has 0 radical (unpaired) electrons. The first-order valence-electron chi connectivity index (χ1n) is 6.66. The molecule has 1 aliphatic rings. The Kier molecular flexibility index (Phi) is 5.45. The highest BCUT2D eigenvalue weighted by Crippen LogP contribution is 2.24. The second kappa shape index (κ2) is 6.62. The van der Waals surface area contributed by atoms with E-state index in [4.69, 9.17) is 5.73 Å². The van der Waals surface area contributed by atoms with Gasteiger partial charge in [0.2, 0.25) is 11.8 Å². The van der Waals surface area contributed by atoms with Crippen LogP contribution in [0.25, 0.3) is 0 Å². The van der Waals surface area contributed by atoms with Crippen LogP contribution in [0.4, 0.5) is 0 Å². The van der Waals surface area contributed by atoms with Crippen LogP contribution >= 0.6 is 0 Å². The van der Waals surface area contributed by atoms with E-state index in [-0.39, 0.29) is 17.7 Å². The molecule has 0 bridgehead atoms. The van der Waals surface area contributed by atoms with Crippen molar-refractivity contribution < 1.29 is 9.59 Å². The van der Waals surface area contributed by atoms with Gasteiger partial charge in [-0.25, -0.2) is 0 Å². The molecule has 1 rings (SSSR count). The summed E-state index contributed by atoms with van der Waals surface area (Å²) in [7, 11) is 0. The van der Waals surface area contributed by atoms with E-state index >= 15 is 0 Å². The number of primary amides is 1. The summed E-state index contributed by atoms with van der Waals surface area (Å²) in [6.07, 6.45) is 6.16. The summed E-state index contributed by atoms with van der Waals surface area (Å²) in [5.41, 5.74) is 5.34. The minimum Gasteiger partial charge on any atom is -0.368 e. The maximum absolute atomic E-state index is 12.0. The van der Waals surface area contributed by atoms with Gasteiger partial charge in [-0.15, -0.1) is 0 Å². The Morgan fingerprint density at radius 3 is 2.35 bits per heavy atom. The molecular formula is C13H24N2O2. The zero-order chi connectivity index (χ0) is 12.8. The molecule has 4 nitrogen and oxygen atoms in total. The zero-order valence-electron chi connectivity index (χ0n) is 10.9. The zero-order valence-corrected chi connectivity index (χ0v) is 10.9. The Morgan fingerprint density at radius 2 is 1.88 bits per heavy atom. The minimum absolute atomic E-state index is 0.00815. The molecule has 1 saturated carbocycles. The number of nitrogens with two attached hydrogens (primary N) is 1. The van der Waals surface area contributed by atoms with Crippen molar-refractivity contribution in [2.24, 2.45) is 17.6 Å². The van der Waals surface area contributed by atoms with Crippen LogP contribution < -0.4 is 11.1 Å². The van der Waals surface area contributed by atoms with Gasteiger partial charge < -0.3 is 11.1 Å².